The third kappa shape index (κ3) is 6.00. The van der Waals surface area contributed by atoms with Crippen molar-refractivity contribution in [1.29, 1.82) is 0 Å². The molecule has 0 spiro atoms. The van der Waals surface area contributed by atoms with Crippen LogP contribution >= 0.6 is 0 Å². The molecule has 0 saturated heterocycles. The van der Waals surface area contributed by atoms with Crippen molar-refractivity contribution in [2.24, 2.45) is 0 Å². The molecule has 0 aromatic rings. The number of nitrogens with zero attached hydrogens (tertiary/aromatic N) is 1. The molecule has 1 fully saturated rings. The lowest BCUT2D eigenvalue weighted by Crippen LogP contribution is -2.37. The molecular weight excluding hydrogens is 232 g/mol. The molecule has 18 heavy (non-hydrogen) atoms. The molecule has 5 heteroatoms. The molecule has 2 N–H and O–H groups in total. The maximum absolute atomic E-state index is 11.4. The molecular formula is C13H24N2O3. The van der Waals surface area contributed by atoms with Crippen LogP contribution in [0.4, 0.5) is 0 Å². The summed E-state index contributed by atoms with van der Waals surface area (Å²) in [5.74, 6) is -0.889. The average molecular weight is 256 g/mol. The van der Waals surface area contributed by atoms with Gasteiger partial charge in [-0.15, -0.1) is 0 Å². The molecule has 0 unspecified atom stereocenters. The summed E-state index contributed by atoms with van der Waals surface area (Å²) in [6.45, 7) is 1.52. The fourth-order valence-corrected chi connectivity index (χ4v) is 2.39. The van der Waals surface area contributed by atoms with Gasteiger partial charge in [0, 0.05) is 32.0 Å². The Labute approximate surface area is 109 Å². The van der Waals surface area contributed by atoms with Crippen LogP contribution in [0.25, 0.3) is 0 Å². The van der Waals surface area contributed by atoms with E-state index in [1.165, 1.54) is 25.7 Å². The molecule has 0 aromatic carbocycles. The topological polar surface area (TPSA) is 69.6 Å². The van der Waals surface area contributed by atoms with Gasteiger partial charge in [-0.1, -0.05) is 12.8 Å². The highest BCUT2D eigenvalue weighted by Gasteiger charge is 2.18. The number of hydrogen-bond donors (Lipinski definition) is 2. The summed E-state index contributed by atoms with van der Waals surface area (Å²) in [5.41, 5.74) is 0. The second-order valence-electron chi connectivity index (χ2n) is 5.02. The Hall–Kier alpha value is -1.10. The van der Waals surface area contributed by atoms with E-state index < -0.39 is 5.97 Å². The molecule has 0 heterocycles. The second kappa shape index (κ2) is 8.08. The average Bonchev–Trinajstić information content (AvgIpc) is 2.81. The Kier molecular flexibility index (Phi) is 6.72. The summed E-state index contributed by atoms with van der Waals surface area (Å²) < 4.78 is 0. The van der Waals surface area contributed by atoms with E-state index in [1.54, 1.807) is 0 Å². The summed E-state index contributed by atoms with van der Waals surface area (Å²) in [5, 5.41) is 11.3. The van der Waals surface area contributed by atoms with Gasteiger partial charge >= 0.3 is 5.97 Å². The maximum atomic E-state index is 11.4. The van der Waals surface area contributed by atoms with Gasteiger partial charge in [-0.3, -0.25) is 9.59 Å². The zero-order valence-electron chi connectivity index (χ0n) is 11.2. The number of aliphatic carboxylic acids is 1. The van der Waals surface area contributed by atoms with E-state index in [4.69, 9.17) is 5.11 Å². The lowest BCUT2D eigenvalue weighted by Gasteiger charge is -2.23. The zero-order chi connectivity index (χ0) is 13.4. The molecule has 104 valence electrons. The van der Waals surface area contributed by atoms with Crippen molar-refractivity contribution in [3.8, 4) is 0 Å². The van der Waals surface area contributed by atoms with E-state index in [1.807, 2.05) is 0 Å². The third-order valence-electron chi connectivity index (χ3n) is 3.53. The zero-order valence-corrected chi connectivity index (χ0v) is 11.2. The number of rotatable bonds is 8. The highest BCUT2D eigenvalue weighted by atomic mass is 16.4. The molecule has 1 saturated carbocycles. The molecule has 5 nitrogen and oxygen atoms in total. The molecule has 1 aliphatic rings. The fourth-order valence-electron chi connectivity index (χ4n) is 2.39. The van der Waals surface area contributed by atoms with Crippen LogP contribution in [0.5, 0.6) is 0 Å². The van der Waals surface area contributed by atoms with Crippen molar-refractivity contribution in [2.75, 3.05) is 20.1 Å². The highest BCUT2D eigenvalue weighted by Crippen LogP contribution is 2.21. The van der Waals surface area contributed by atoms with Crippen LogP contribution in [0.2, 0.25) is 0 Å². The van der Waals surface area contributed by atoms with E-state index in [9.17, 15) is 9.59 Å². The quantitative estimate of drug-likeness (QED) is 0.685. The van der Waals surface area contributed by atoms with Gasteiger partial charge in [-0.25, -0.2) is 0 Å². The monoisotopic (exact) mass is 256 g/mol. The van der Waals surface area contributed by atoms with Gasteiger partial charge in [0.1, 0.15) is 0 Å². The molecule has 1 amide bonds. The maximum Gasteiger partial charge on any atom is 0.303 e. The van der Waals surface area contributed by atoms with Crippen molar-refractivity contribution in [2.45, 2.75) is 51.0 Å². The Morgan fingerprint density at radius 2 is 1.94 bits per heavy atom. The first-order valence-corrected chi connectivity index (χ1v) is 6.78. The third-order valence-corrected chi connectivity index (χ3v) is 3.53. The highest BCUT2D eigenvalue weighted by molar-refractivity contribution is 5.76. The van der Waals surface area contributed by atoms with Crippen LogP contribution in [0.15, 0.2) is 0 Å². The molecule has 0 aliphatic heterocycles. The first-order chi connectivity index (χ1) is 8.59. The van der Waals surface area contributed by atoms with Crippen LogP contribution in [0.1, 0.15) is 44.9 Å². The van der Waals surface area contributed by atoms with E-state index in [0.29, 0.717) is 25.4 Å². The van der Waals surface area contributed by atoms with Gasteiger partial charge in [-0.2, -0.15) is 0 Å². The van der Waals surface area contributed by atoms with Crippen molar-refractivity contribution >= 4 is 11.9 Å². The van der Waals surface area contributed by atoms with Gasteiger partial charge < -0.3 is 15.3 Å². The minimum absolute atomic E-state index is 0.0453. The predicted octanol–water partition coefficient (Wildman–Crippen LogP) is 1.23. The first-order valence-electron chi connectivity index (χ1n) is 6.78. The number of carboxylic acids is 1. The number of carboxylic acid groups (broad SMARTS) is 1. The second-order valence-corrected chi connectivity index (χ2v) is 5.02. The molecule has 1 rings (SSSR count). The molecule has 0 atom stereocenters. The normalized spacial score (nSPS) is 16.1. The van der Waals surface area contributed by atoms with Gasteiger partial charge in [0.25, 0.3) is 0 Å². The fraction of sp³-hybridized carbons (Fsp3) is 0.846. The minimum atomic E-state index is -0.844. The van der Waals surface area contributed by atoms with Crippen LogP contribution in [0.3, 0.4) is 0 Å². The van der Waals surface area contributed by atoms with Crippen LogP contribution in [-0.4, -0.2) is 48.1 Å². The number of carbonyl (C=O) groups excluding carboxylic acids is 1. The van der Waals surface area contributed by atoms with Crippen molar-refractivity contribution in [3.63, 3.8) is 0 Å². The van der Waals surface area contributed by atoms with Crippen molar-refractivity contribution in [1.82, 2.24) is 10.2 Å². The van der Waals surface area contributed by atoms with Gasteiger partial charge in [-0.05, 0) is 26.3 Å². The van der Waals surface area contributed by atoms with Gasteiger partial charge in [0.15, 0.2) is 0 Å². The van der Waals surface area contributed by atoms with E-state index in [2.05, 4.69) is 17.3 Å². The summed E-state index contributed by atoms with van der Waals surface area (Å²) in [7, 11) is 2.10. The van der Waals surface area contributed by atoms with Crippen molar-refractivity contribution in [3.05, 3.63) is 0 Å². The van der Waals surface area contributed by atoms with E-state index >= 15 is 0 Å². The minimum Gasteiger partial charge on any atom is -0.481 e. The Bertz CT molecular complexity index is 275. The number of carbonyl (C=O) groups is 2. The van der Waals surface area contributed by atoms with Crippen molar-refractivity contribution < 1.29 is 14.7 Å². The molecule has 1 aliphatic carbocycles. The van der Waals surface area contributed by atoms with Crippen LogP contribution in [-0.2, 0) is 9.59 Å². The lowest BCUT2D eigenvalue weighted by molar-refractivity contribution is -0.137. The Balaban J connectivity index is 2.02. The number of nitrogens with one attached hydrogen (secondary N) is 1. The standard InChI is InChI=1S/C13H24N2O3/c1-15(11-5-2-3-6-11)10-9-14-12(16)7-4-8-13(17)18/h11H,2-10H2,1H3,(H,14,16)(H,17,18). The van der Waals surface area contributed by atoms with E-state index in [-0.39, 0.29) is 12.3 Å². The van der Waals surface area contributed by atoms with Gasteiger partial charge in [0.05, 0.1) is 0 Å². The summed E-state index contributed by atoms with van der Waals surface area (Å²) >= 11 is 0. The SMILES string of the molecule is CN(CCNC(=O)CCCC(=O)O)C1CCCC1. The summed E-state index contributed by atoms with van der Waals surface area (Å²) in [4.78, 5) is 24.0. The van der Waals surface area contributed by atoms with Gasteiger partial charge in [0.2, 0.25) is 5.91 Å². The molecule has 0 aromatic heterocycles. The number of hydrogen-bond acceptors (Lipinski definition) is 3. The lowest BCUT2D eigenvalue weighted by atomic mass is 10.2. The first kappa shape index (κ1) is 15.0. The predicted molar refractivity (Wildman–Crippen MR) is 69.4 cm³/mol. The Morgan fingerprint density at radius 1 is 1.28 bits per heavy atom. The van der Waals surface area contributed by atoms with E-state index in [0.717, 1.165) is 6.54 Å². The largest absolute Gasteiger partial charge is 0.481 e. The number of likely N-dealkylation sites (N-methyl/N-ethyl adjacent to an activating group) is 1. The molecule has 0 radical (unpaired) electrons. The number of amides is 1. The smallest absolute Gasteiger partial charge is 0.303 e. The van der Waals surface area contributed by atoms with Crippen LogP contribution in [0, 0.1) is 0 Å². The molecule has 0 bridgehead atoms. The Morgan fingerprint density at radius 3 is 2.56 bits per heavy atom. The summed E-state index contributed by atoms with van der Waals surface area (Å²) in [6, 6.07) is 0.675. The summed E-state index contributed by atoms with van der Waals surface area (Å²) in [6.07, 6.45) is 5.95. The van der Waals surface area contributed by atoms with Crippen LogP contribution < -0.4 is 5.32 Å².